The summed E-state index contributed by atoms with van der Waals surface area (Å²) in [5.41, 5.74) is 0.942. The van der Waals surface area contributed by atoms with Gasteiger partial charge in [-0.05, 0) is 6.07 Å². The molecule has 0 aromatic carbocycles. The molecule has 0 aliphatic heterocycles. The molecule has 0 atom stereocenters. The topological polar surface area (TPSA) is 59.3 Å². The Morgan fingerprint density at radius 3 is 3.33 bits per heavy atom. The molecule has 0 saturated carbocycles. The molecule has 2 aromatic heterocycles. The first kappa shape index (κ1) is 9.21. The lowest BCUT2D eigenvalue weighted by molar-refractivity contribution is 0.0960. The minimum atomic E-state index is -0.262. The van der Waals surface area contributed by atoms with E-state index in [0.29, 0.717) is 11.2 Å². The Balaban J connectivity index is 2.36. The van der Waals surface area contributed by atoms with Crippen molar-refractivity contribution < 1.29 is 4.79 Å². The van der Waals surface area contributed by atoms with E-state index in [4.69, 9.17) is 6.42 Å². The summed E-state index contributed by atoms with van der Waals surface area (Å²) in [4.78, 5) is 15.6. The van der Waals surface area contributed by atoms with Crippen LogP contribution in [0.1, 0.15) is 10.4 Å². The summed E-state index contributed by atoms with van der Waals surface area (Å²) in [5, 5.41) is 6.55. The zero-order valence-electron chi connectivity index (χ0n) is 7.84. The summed E-state index contributed by atoms with van der Waals surface area (Å²) >= 11 is 0. The average molecular weight is 200 g/mol. The second-order valence-electron chi connectivity index (χ2n) is 2.83. The molecule has 2 rings (SSSR count). The summed E-state index contributed by atoms with van der Waals surface area (Å²) in [5.74, 6) is 2.07. The molecule has 1 N–H and O–H groups in total. The lowest BCUT2D eigenvalue weighted by Crippen LogP contribution is -2.23. The Hall–Kier alpha value is -2.35. The van der Waals surface area contributed by atoms with Crippen molar-refractivity contribution in [1.29, 1.82) is 0 Å². The average Bonchev–Trinajstić information content (AvgIpc) is 2.69. The third kappa shape index (κ3) is 1.65. The number of hydrogen-bond donors (Lipinski definition) is 1. The van der Waals surface area contributed by atoms with E-state index >= 15 is 0 Å². The molecule has 15 heavy (non-hydrogen) atoms. The zero-order chi connectivity index (χ0) is 10.7. The molecule has 0 bridgehead atoms. The second kappa shape index (κ2) is 3.80. The normalized spacial score (nSPS) is 9.80. The summed E-state index contributed by atoms with van der Waals surface area (Å²) in [7, 11) is 0. The van der Waals surface area contributed by atoms with Crippen molar-refractivity contribution in [2.45, 2.75) is 0 Å². The molecular formula is C10H8N4O. The number of terminal acetylenes is 1. The fourth-order valence-corrected chi connectivity index (χ4v) is 1.21. The molecule has 0 unspecified atom stereocenters. The fraction of sp³-hybridized carbons (Fsp3) is 0.100. The van der Waals surface area contributed by atoms with E-state index < -0.39 is 0 Å². The highest BCUT2D eigenvalue weighted by Gasteiger charge is 2.11. The lowest BCUT2D eigenvalue weighted by atomic mass is 10.3. The summed E-state index contributed by atoms with van der Waals surface area (Å²) in [6.45, 7) is 0.197. The highest BCUT2D eigenvalue weighted by atomic mass is 16.1. The summed E-state index contributed by atoms with van der Waals surface area (Å²) in [6, 6.07) is 1.74. The van der Waals surface area contributed by atoms with Crippen molar-refractivity contribution in [2.24, 2.45) is 0 Å². The van der Waals surface area contributed by atoms with Crippen LogP contribution in [0, 0.1) is 12.3 Å². The Kier molecular flexibility index (Phi) is 2.33. The van der Waals surface area contributed by atoms with Crippen LogP contribution in [0.3, 0.4) is 0 Å². The minimum absolute atomic E-state index is 0.197. The maximum absolute atomic E-state index is 11.6. The van der Waals surface area contributed by atoms with Gasteiger partial charge in [0.25, 0.3) is 5.91 Å². The maximum Gasteiger partial charge on any atom is 0.257 e. The second-order valence-corrected chi connectivity index (χ2v) is 2.83. The molecule has 0 saturated heterocycles. The van der Waals surface area contributed by atoms with E-state index in [1.165, 1.54) is 10.7 Å². The van der Waals surface area contributed by atoms with Gasteiger partial charge in [0, 0.05) is 12.4 Å². The Morgan fingerprint density at radius 1 is 1.67 bits per heavy atom. The van der Waals surface area contributed by atoms with E-state index in [1.54, 1.807) is 18.5 Å². The summed E-state index contributed by atoms with van der Waals surface area (Å²) in [6.07, 6.45) is 9.84. The molecule has 2 aromatic rings. The van der Waals surface area contributed by atoms with Crippen LogP contribution < -0.4 is 5.32 Å². The first-order valence-electron chi connectivity index (χ1n) is 4.33. The molecule has 0 aliphatic carbocycles. The number of aromatic nitrogens is 3. The standard InChI is InChI=1S/C10H8N4O/c1-2-4-12-10(15)8-7-13-14-6-3-5-11-9(8)14/h1,3,5-7H,4H2,(H,12,15). The van der Waals surface area contributed by atoms with Crippen molar-refractivity contribution in [3.05, 3.63) is 30.2 Å². The molecule has 5 nitrogen and oxygen atoms in total. The molecule has 5 heteroatoms. The van der Waals surface area contributed by atoms with Gasteiger partial charge in [0.1, 0.15) is 5.56 Å². The van der Waals surface area contributed by atoms with Crippen LogP contribution in [0.15, 0.2) is 24.7 Å². The lowest BCUT2D eigenvalue weighted by Gasteiger charge is -1.97. The molecule has 1 amide bonds. The number of hydrogen-bond acceptors (Lipinski definition) is 3. The highest BCUT2D eigenvalue weighted by molar-refractivity contribution is 5.99. The predicted molar refractivity (Wildman–Crippen MR) is 54.2 cm³/mol. The van der Waals surface area contributed by atoms with E-state index in [2.05, 4.69) is 21.3 Å². The molecule has 0 aliphatic rings. The smallest absolute Gasteiger partial charge is 0.257 e. The van der Waals surface area contributed by atoms with E-state index in [1.807, 2.05) is 0 Å². The minimum Gasteiger partial charge on any atom is -0.341 e. The number of carbonyl (C=O) groups excluding carboxylic acids is 1. The Bertz CT molecular complexity index is 538. The summed E-state index contributed by atoms with van der Waals surface area (Å²) < 4.78 is 1.53. The fourth-order valence-electron chi connectivity index (χ4n) is 1.21. The van der Waals surface area contributed by atoms with Gasteiger partial charge >= 0.3 is 0 Å². The van der Waals surface area contributed by atoms with E-state index in [-0.39, 0.29) is 12.5 Å². The van der Waals surface area contributed by atoms with Crippen molar-refractivity contribution in [3.8, 4) is 12.3 Å². The van der Waals surface area contributed by atoms with Crippen molar-refractivity contribution in [3.63, 3.8) is 0 Å². The molecule has 0 fully saturated rings. The first-order valence-corrected chi connectivity index (χ1v) is 4.33. The van der Waals surface area contributed by atoms with Crippen LogP contribution in [-0.4, -0.2) is 27.0 Å². The maximum atomic E-state index is 11.6. The van der Waals surface area contributed by atoms with Crippen molar-refractivity contribution >= 4 is 11.6 Å². The predicted octanol–water partition coefficient (Wildman–Crippen LogP) is 0.0923. The molecule has 0 spiro atoms. The van der Waals surface area contributed by atoms with Crippen molar-refractivity contribution in [1.82, 2.24) is 19.9 Å². The molecule has 0 radical (unpaired) electrons. The van der Waals surface area contributed by atoms with Crippen LogP contribution in [0.25, 0.3) is 5.65 Å². The van der Waals surface area contributed by atoms with E-state index in [9.17, 15) is 4.79 Å². The van der Waals surface area contributed by atoms with Gasteiger partial charge in [0.2, 0.25) is 0 Å². The first-order chi connectivity index (χ1) is 7.33. The third-order valence-electron chi connectivity index (χ3n) is 1.87. The number of nitrogens with zero attached hydrogens (tertiary/aromatic N) is 3. The number of amides is 1. The van der Waals surface area contributed by atoms with Crippen LogP contribution in [0.4, 0.5) is 0 Å². The van der Waals surface area contributed by atoms with Gasteiger partial charge in [0.05, 0.1) is 12.7 Å². The van der Waals surface area contributed by atoms with Gasteiger partial charge in [0.15, 0.2) is 5.65 Å². The number of carbonyl (C=O) groups is 1. The zero-order valence-corrected chi connectivity index (χ0v) is 7.84. The SMILES string of the molecule is C#CCNC(=O)c1cnn2cccnc12. The number of fused-ring (bicyclic) bond motifs is 1. The van der Waals surface area contributed by atoms with Crippen LogP contribution in [0.2, 0.25) is 0 Å². The monoisotopic (exact) mass is 200 g/mol. The molecule has 2 heterocycles. The van der Waals surface area contributed by atoms with Gasteiger partial charge < -0.3 is 5.32 Å². The van der Waals surface area contributed by atoms with Crippen LogP contribution in [-0.2, 0) is 0 Å². The molecular weight excluding hydrogens is 192 g/mol. The molecule has 74 valence electrons. The largest absolute Gasteiger partial charge is 0.341 e. The van der Waals surface area contributed by atoms with Gasteiger partial charge in [-0.3, -0.25) is 4.79 Å². The van der Waals surface area contributed by atoms with Crippen LogP contribution >= 0.6 is 0 Å². The number of nitrogens with one attached hydrogen (secondary N) is 1. The van der Waals surface area contributed by atoms with Gasteiger partial charge in [-0.15, -0.1) is 6.42 Å². The van der Waals surface area contributed by atoms with E-state index in [0.717, 1.165) is 0 Å². The van der Waals surface area contributed by atoms with Gasteiger partial charge in [-0.2, -0.15) is 5.10 Å². The van der Waals surface area contributed by atoms with Crippen LogP contribution in [0.5, 0.6) is 0 Å². The van der Waals surface area contributed by atoms with Crippen molar-refractivity contribution in [2.75, 3.05) is 6.54 Å². The Labute approximate surface area is 86.1 Å². The van der Waals surface area contributed by atoms with Gasteiger partial charge in [-0.25, -0.2) is 9.50 Å². The highest BCUT2D eigenvalue weighted by Crippen LogP contribution is 2.05. The third-order valence-corrected chi connectivity index (χ3v) is 1.87. The number of rotatable bonds is 2. The Morgan fingerprint density at radius 2 is 2.53 bits per heavy atom. The van der Waals surface area contributed by atoms with Gasteiger partial charge in [-0.1, -0.05) is 5.92 Å². The quantitative estimate of drug-likeness (QED) is 0.699.